The van der Waals surface area contributed by atoms with Crippen LogP contribution >= 0.6 is 0 Å². The van der Waals surface area contributed by atoms with Gasteiger partial charge in [-0.05, 0) is 12.1 Å². The molecule has 4 heteroatoms. The van der Waals surface area contributed by atoms with Gasteiger partial charge < -0.3 is 5.73 Å². The van der Waals surface area contributed by atoms with Gasteiger partial charge in [0.05, 0.1) is 4.90 Å². The Bertz CT molecular complexity index is 495. The minimum Gasteiger partial charge on any atom is -0.330 e. The van der Waals surface area contributed by atoms with Crippen molar-refractivity contribution in [3.8, 4) is 11.8 Å². The predicted octanol–water partition coefficient (Wildman–Crippen LogP) is 0.790. The number of benzene rings is 1. The van der Waals surface area contributed by atoms with Crippen LogP contribution in [0.4, 0.5) is 0 Å². The van der Waals surface area contributed by atoms with Crippen LogP contribution in [-0.2, 0) is 9.84 Å². The molecule has 1 rings (SSSR count). The van der Waals surface area contributed by atoms with E-state index in [0.29, 0.717) is 18.5 Å². The fraction of sp³-hybridized carbons (Fsp3) is 0.273. The minimum atomic E-state index is -3.20. The lowest BCUT2D eigenvalue weighted by molar-refractivity contribution is 0.601. The highest BCUT2D eigenvalue weighted by atomic mass is 32.2. The van der Waals surface area contributed by atoms with E-state index < -0.39 is 9.84 Å². The highest BCUT2D eigenvalue weighted by Crippen LogP contribution is 2.13. The Morgan fingerprint density at radius 3 is 2.60 bits per heavy atom. The highest BCUT2D eigenvalue weighted by Gasteiger charge is 2.10. The predicted molar refractivity (Wildman–Crippen MR) is 60.1 cm³/mol. The molecule has 0 aliphatic heterocycles. The first kappa shape index (κ1) is 11.8. The third-order valence-electron chi connectivity index (χ3n) is 1.78. The van der Waals surface area contributed by atoms with E-state index in [1.807, 2.05) is 0 Å². The molecule has 0 aliphatic carbocycles. The molecule has 0 heterocycles. The Balaban J connectivity index is 3.15. The SMILES string of the molecule is CS(=O)(=O)c1ccccc1C#CCCN. The minimum absolute atomic E-state index is 0.273. The highest BCUT2D eigenvalue weighted by molar-refractivity contribution is 7.90. The van der Waals surface area contributed by atoms with Crippen molar-refractivity contribution in [2.24, 2.45) is 5.73 Å². The van der Waals surface area contributed by atoms with Crippen LogP contribution in [0.1, 0.15) is 12.0 Å². The topological polar surface area (TPSA) is 60.2 Å². The lowest BCUT2D eigenvalue weighted by Crippen LogP contribution is -2.00. The van der Waals surface area contributed by atoms with E-state index in [-0.39, 0.29) is 4.90 Å². The zero-order valence-electron chi connectivity index (χ0n) is 8.53. The molecule has 15 heavy (non-hydrogen) atoms. The normalized spacial score (nSPS) is 10.5. The lowest BCUT2D eigenvalue weighted by Gasteiger charge is -2.00. The molecule has 0 spiro atoms. The maximum atomic E-state index is 11.4. The summed E-state index contributed by atoms with van der Waals surface area (Å²) in [6, 6.07) is 6.70. The van der Waals surface area contributed by atoms with Crippen LogP contribution in [0, 0.1) is 11.8 Å². The zero-order valence-corrected chi connectivity index (χ0v) is 9.34. The zero-order chi connectivity index (χ0) is 11.3. The molecule has 0 unspecified atom stereocenters. The van der Waals surface area contributed by atoms with Gasteiger partial charge in [-0.25, -0.2) is 8.42 Å². The number of hydrogen-bond donors (Lipinski definition) is 1. The van der Waals surface area contributed by atoms with Crippen LogP contribution in [0.15, 0.2) is 29.2 Å². The van der Waals surface area contributed by atoms with Crippen LogP contribution in [0.2, 0.25) is 0 Å². The molecule has 0 saturated heterocycles. The van der Waals surface area contributed by atoms with Crippen molar-refractivity contribution in [2.45, 2.75) is 11.3 Å². The Kier molecular flexibility index (Phi) is 3.89. The molecule has 0 amide bonds. The van der Waals surface area contributed by atoms with E-state index in [2.05, 4.69) is 11.8 Å². The first-order chi connectivity index (χ1) is 7.05. The molecular formula is C11H13NO2S. The number of hydrogen-bond acceptors (Lipinski definition) is 3. The van der Waals surface area contributed by atoms with Crippen molar-refractivity contribution >= 4 is 9.84 Å². The summed E-state index contributed by atoms with van der Waals surface area (Å²) in [6.07, 6.45) is 1.74. The Hall–Kier alpha value is -1.31. The lowest BCUT2D eigenvalue weighted by atomic mass is 10.2. The van der Waals surface area contributed by atoms with Crippen molar-refractivity contribution in [3.05, 3.63) is 29.8 Å². The van der Waals surface area contributed by atoms with Gasteiger partial charge in [-0.3, -0.25) is 0 Å². The first-order valence-corrected chi connectivity index (χ1v) is 6.43. The van der Waals surface area contributed by atoms with Crippen molar-refractivity contribution in [1.82, 2.24) is 0 Å². The van der Waals surface area contributed by atoms with Gasteiger partial charge in [0.2, 0.25) is 0 Å². The van der Waals surface area contributed by atoms with E-state index in [0.717, 1.165) is 0 Å². The quantitative estimate of drug-likeness (QED) is 0.754. The summed E-state index contributed by atoms with van der Waals surface area (Å²) in [4.78, 5) is 0.273. The largest absolute Gasteiger partial charge is 0.330 e. The fourth-order valence-electron chi connectivity index (χ4n) is 1.12. The smallest absolute Gasteiger partial charge is 0.176 e. The number of nitrogens with two attached hydrogens (primary N) is 1. The molecule has 0 saturated carbocycles. The summed E-state index contributed by atoms with van der Waals surface area (Å²) in [5.74, 6) is 5.64. The first-order valence-electron chi connectivity index (χ1n) is 4.53. The van der Waals surface area contributed by atoms with E-state index in [9.17, 15) is 8.42 Å². The average molecular weight is 223 g/mol. The third-order valence-corrected chi connectivity index (χ3v) is 2.93. The molecule has 0 aromatic heterocycles. The molecule has 80 valence electrons. The van der Waals surface area contributed by atoms with Gasteiger partial charge in [0.1, 0.15) is 0 Å². The molecule has 0 atom stereocenters. The van der Waals surface area contributed by atoms with Crippen LogP contribution < -0.4 is 5.73 Å². The number of sulfone groups is 1. The van der Waals surface area contributed by atoms with Gasteiger partial charge in [-0.15, -0.1) is 0 Å². The van der Waals surface area contributed by atoms with Crippen molar-refractivity contribution < 1.29 is 8.42 Å². The van der Waals surface area contributed by atoms with Crippen molar-refractivity contribution in [3.63, 3.8) is 0 Å². The molecular weight excluding hydrogens is 210 g/mol. The van der Waals surface area contributed by atoms with Gasteiger partial charge in [0.15, 0.2) is 9.84 Å². The molecule has 0 aliphatic rings. The van der Waals surface area contributed by atoms with Gasteiger partial charge in [-0.2, -0.15) is 0 Å². The standard InChI is InChI=1S/C11H13NO2S/c1-15(13,14)11-8-3-2-6-10(11)7-4-5-9-12/h2-3,6,8H,5,9,12H2,1H3. The summed E-state index contributed by atoms with van der Waals surface area (Å²) < 4.78 is 22.8. The molecule has 0 bridgehead atoms. The Morgan fingerprint density at radius 2 is 2.00 bits per heavy atom. The Morgan fingerprint density at radius 1 is 1.33 bits per heavy atom. The van der Waals surface area contributed by atoms with Crippen LogP contribution in [0.3, 0.4) is 0 Å². The van der Waals surface area contributed by atoms with Crippen LogP contribution in [0.25, 0.3) is 0 Å². The van der Waals surface area contributed by atoms with E-state index >= 15 is 0 Å². The summed E-state index contributed by atoms with van der Waals surface area (Å²) in [5.41, 5.74) is 5.83. The summed E-state index contributed by atoms with van der Waals surface area (Å²) in [6.45, 7) is 0.480. The monoisotopic (exact) mass is 223 g/mol. The van der Waals surface area contributed by atoms with Gasteiger partial charge in [-0.1, -0.05) is 24.0 Å². The second kappa shape index (κ2) is 4.96. The molecule has 0 fully saturated rings. The van der Waals surface area contributed by atoms with Gasteiger partial charge in [0.25, 0.3) is 0 Å². The average Bonchev–Trinajstić information content (AvgIpc) is 2.17. The van der Waals surface area contributed by atoms with Gasteiger partial charge >= 0.3 is 0 Å². The molecule has 2 N–H and O–H groups in total. The van der Waals surface area contributed by atoms with Crippen LogP contribution in [0.5, 0.6) is 0 Å². The maximum Gasteiger partial charge on any atom is 0.176 e. The summed E-state index contributed by atoms with van der Waals surface area (Å²) >= 11 is 0. The van der Waals surface area contributed by atoms with E-state index in [4.69, 9.17) is 5.73 Å². The van der Waals surface area contributed by atoms with E-state index in [1.165, 1.54) is 6.26 Å². The molecule has 1 aromatic carbocycles. The summed E-state index contributed by atoms with van der Waals surface area (Å²) in [7, 11) is -3.20. The summed E-state index contributed by atoms with van der Waals surface area (Å²) in [5, 5.41) is 0. The van der Waals surface area contributed by atoms with Crippen molar-refractivity contribution in [2.75, 3.05) is 12.8 Å². The van der Waals surface area contributed by atoms with Crippen LogP contribution in [-0.4, -0.2) is 21.2 Å². The molecule has 1 aromatic rings. The third kappa shape index (κ3) is 3.39. The fourth-order valence-corrected chi connectivity index (χ4v) is 1.97. The Labute approximate surface area is 90.2 Å². The van der Waals surface area contributed by atoms with E-state index in [1.54, 1.807) is 24.3 Å². The second-order valence-corrected chi connectivity index (χ2v) is 5.09. The van der Waals surface area contributed by atoms with Gasteiger partial charge in [0, 0.05) is 24.8 Å². The second-order valence-electron chi connectivity index (χ2n) is 3.11. The van der Waals surface area contributed by atoms with Crippen molar-refractivity contribution in [1.29, 1.82) is 0 Å². The maximum absolute atomic E-state index is 11.4. The molecule has 3 nitrogen and oxygen atoms in total. The molecule has 0 radical (unpaired) electrons. The number of rotatable bonds is 2.